The molecule has 0 amide bonds. The van der Waals surface area contributed by atoms with Crippen LogP contribution in [0, 0.1) is 20.8 Å². The van der Waals surface area contributed by atoms with Crippen molar-refractivity contribution in [2.45, 2.75) is 27.3 Å². The van der Waals surface area contributed by atoms with E-state index in [2.05, 4.69) is 55.3 Å². The Balaban J connectivity index is 2.42. The number of hydrogen-bond donors (Lipinski definition) is 2. The first-order valence-electron chi connectivity index (χ1n) is 6.02. The lowest BCUT2D eigenvalue weighted by molar-refractivity contribution is 0.812. The maximum Gasteiger partial charge on any atom is 0.0462 e. The van der Waals surface area contributed by atoms with Gasteiger partial charge in [0.25, 0.3) is 0 Å². The minimum Gasteiger partial charge on any atom is -0.358 e. The van der Waals surface area contributed by atoms with Gasteiger partial charge in [0, 0.05) is 23.5 Å². The van der Waals surface area contributed by atoms with E-state index in [9.17, 15) is 0 Å². The molecular weight excluding hydrogens is 208 g/mol. The van der Waals surface area contributed by atoms with Crippen LogP contribution >= 0.6 is 0 Å². The van der Waals surface area contributed by atoms with E-state index in [1.54, 1.807) is 0 Å². The lowest BCUT2D eigenvalue weighted by Gasteiger charge is -2.04. The SMILES string of the molecule is CNCc1cc(-c2ccc(C)cc2C)[nH]c1C. The van der Waals surface area contributed by atoms with Gasteiger partial charge >= 0.3 is 0 Å². The molecule has 0 atom stereocenters. The number of hydrogen-bond acceptors (Lipinski definition) is 1. The summed E-state index contributed by atoms with van der Waals surface area (Å²) in [4.78, 5) is 3.47. The highest BCUT2D eigenvalue weighted by Gasteiger charge is 2.07. The van der Waals surface area contributed by atoms with Crippen LogP contribution in [0.5, 0.6) is 0 Å². The summed E-state index contributed by atoms with van der Waals surface area (Å²) in [6, 6.07) is 8.82. The normalized spacial score (nSPS) is 10.8. The molecule has 2 rings (SSSR count). The molecule has 90 valence electrons. The minimum absolute atomic E-state index is 0.910. The molecule has 2 nitrogen and oxygen atoms in total. The summed E-state index contributed by atoms with van der Waals surface area (Å²) >= 11 is 0. The highest BCUT2D eigenvalue weighted by Crippen LogP contribution is 2.25. The van der Waals surface area contributed by atoms with Crippen molar-refractivity contribution in [1.29, 1.82) is 0 Å². The summed E-state index contributed by atoms with van der Waals surface area (Å²) in [5.41, 5.74) is 7.72. The average molecular weight is 228 g/mol. The van der Waals surface area contributed by atoms with Crippen molar-refractivity contribution in [1.82, 2.24) is 10.3 Å². The molecule has 17 heavy (non-hydrogen) atoms. The van der Waals surface area contributed by atoms with Gasteiger partial charge < -0.3 is 10.3 Å². The second-order valence-electron chi connectivity index (χ2n) is 4.68. The van der Waals surface area contributed by atoms with E-state index in [1.165, 1.54) is 33.6 Å². The summed E-state index contributed by atoms with van der Waals surface area (Å²) in [5.74, 6) is 0. The van der Waals surface area contributed by atoms with Gasteiger partial charge in [0.1, 0.15) is 0 Å². The molecule has 0 radical (unpaired) electrons. The first kappa shape index (κ1) is 11.9. The van der Waals surface area contributed by atoms with Gasteiger partial charge in [0.05, 0.1) is 0 Å². The molecule has 0 spiro atoms. The van der Waals surface area contributed by atoms with Crippen molar-refractivity contribution < 1.29 is 0 Å². The van der Waals surface area contributed by atoms with Crippen LogP contribution in [0.1, 0.15) is 22.4 Å². The van der Waals surface area contributed by atoms with Crippen LogP contribution in [-0.4, -0.2) is 12.0 Å². The molecule has 2 heteroatoms. The largest absolute Gasteiger partial charge is 0.358 e. The quantitative estimate of drug-likeness (QED) is 0.828. The number of aryl methyl sites for hydroxylation is 3. The summed E-state index contributed by atoms with van der Waals surface area (Å²) in [6.07, 6.45) is 0. The molecule has 0 aliphatic rings. The van der Waals surface area contributed by atoms with Crippen LogP contribution < -0.4 is 5.32 Å². The van der Waals surface area contributed by atoms with E-state index in [1.807, 2.05) is 7.05 Å². The standard InChI is InChI=1S/C15H20N2/c1-10-5-6-14(11(2)7-10)15-8-13(9-16-4)12(3)17-15/h5-8,16-17H,9H2,1-4H3. The molecule has 0 aliphatic carbocycles. The van der Waals surface area contributed by atoms with Crippen molar-refractivity contribution in [3.05, 3.63) is 46.6 Å². The molecule has 2 N–H and O–H groups in total. The third-order valence-corrected chi connectivity index (χ3v) is 3.16. The first-order chi connectivity index (χ1) is 8.11. The molecule has 1 aromatic carbocycles. The topological polar surface area (TPSA) is 27.8 Å². The molecule has 0 unspecified atom stereocenters. The van der Waals surface area contributed by atoms with Crippen molar-refractivity contribution >= 4 is 0 Å². The van der Waals surface area contributed by atoms with Crippen LogP contribution in [0.25, 0.3) is 11.3 Å². The predicted octanol–water partition coefficient (Wildman–Crippen LogP) is 3.33. The van der Waals surface area contributed by atoms with Crippen molar-refractivity contribution in [3.63, 3.8) is 0 Å². The van der Waals surface area contributed by atoms with E-state index in [0.29, 0.717) is 0 Å². The summed E-state index contributed by atoms with van der Waals surface area (Å²) < 4.78 is 0. The Bertz CT molecular complexity index is 524. The van der Waals surface area contributed by atoms with Gasteiger partial charge in [-0.25, -0.2) is 0 Å². The average Bonchev–Trinajstić information content (AvgIpc) is 2.60. The molecular formula is C15H20N2. The Morgan fingerprint density at radius 3 is 2.53 bits per heavy atom. The summed E-state index contributed by atoms with van der Waals surface area (Å²) in [6.45, 7) is 7.33. The molecule has 0 aliphatic heterocycles. The smallest absolute Gasteiger partial charge is 0.0462 e. The molecule has 0 saturated carbocycles. The fraction of sp³-hybridized carbons (Fsp3) is 0.333. The number of nitrogens with one attached hydrogen (secondary N) is 2. The number of H-pyrrole nitrogens is 1. The predicted molar refractivity (Wildman–Crippen MR) is 73.2 cm³/mol. The van der Waals surface area contributed by atoms with Gasteiger partial charge in [0.2, 0.25) is 0 Å². The fourth-order valence-electron chi connectivity index (χ4n) is 2.24. The third kappa shape index (κ3) is 2.42. The van der Waals surface area contributed by atoms with E-state index >= 15 is 0 Å². The molecule has 2 aromatic rings. The highest BCUT2D eigenvalue weighted by molar-refractivity contribution is 5.65. The third-order valence-electron chi connectivity index (χ3n) is 3.16. The van der Waals surface area contributed by atoms with Crippen LogP contribution in [0.3, 0.4) is 0 Å². The summed E-state index contributed by atoms with van der Waals surface area (Å²) in [5, 5.41) is 3.19. The van der Waals surface area contributed by atoms with Crippen LogP contribution in [0.4, 0.5) is 0 Å². The number of benzene rings is 1. The van der Waals surface area contributed by atoms with E-state index in [4.69, 9.17) is 0 Å². The zero-order chi connectivity index (χ0) is 12.4. The Labute approximate surface area is 103 Å². The molecule has 0 saturated heterocycles. The van der Waals surface area contributed by atoms with Gasteiger partial charge in [-0.15, -0.1) is 0 Å². The van der Waals surface area contributed by atoms with E-state index in [-0.39, 0.29) is 0 Å². The second-order valence-corrected chi connectivity index (χ2v) is 4.68. The van der Waals surface area contributed by atoms with Crippen molar-refractivity contribution in [2.24, 2.45) is 0 Å². The Morgan fingerprint density at radius 1 is 1.12 bits per heavy atom. The molecule has 0 fully saturated rings. The molecule has 0 bridgehead atoms. The maximum absolute atomic E-state index is 3.47. The van der Waals surface area contributed by atoms with Crippen LogP contribution in [0.15, 0.2) is 24.3 Å². The molecule has 1 aromatic heterocycles. The Hall–Kier alpha value is -1.54. The van der Waals surface area contributed by atoms with E-state index in [0.717, 1.165) is 6.54 Å². The number of aromatic nitrogens is 1. The van der Waals surface area contributed by atoms with Crippen molar-refractivity contribution in [3.8, 4) is 11.3 Å². The zero-order valence-corrected chi connectivity index (χ0v) is 11.0. The lowest BCUT2D eigenvalue weighted by atomic mass is 10.0. The van der Waals surface area contributed by atoms with E-state index < -0.39 is 0 Å². The van der Waals surface area contributed by atoms with Crippen LogP contribution in [0.2, 0.25) is 0 Å². The zero-order valence-electron chi connectivity index (χ0n) is 11.0. The monoisotopic (exact) mass is 228 g/mol. The van der Waals surface area contributed by atoms with Gasteiger partial charge in [-0.1, -0.05) is 23.8 Å². The van der Waals surface area contributed by atoms with Crippen LogP contribution in [-0.2, 0) is 6.54 Å². The fourth-order valence-corrected chi connectivity index (χ4v) is 2.24. The Morgan fingerprint density at radius 2 is 1.88 bits per heavy atom. The van der Waals surface area contributed by atoms with Gasteiger partial charge in [-0.3, -0.25) is 0 Å². The van der Waals surface area contributed by atoms with Crippen molar-refractivity contribution in [2.75, 3.05) is 7.05 Å². The first-order valence-corrected chi connectivity index (χ1v) is 6.02. The summed E-state index contributed by atoms with van der Waals surface area (Å²) in [7, 11) is 1.98. The maximum atomic E-state index is 3.47. The minimum atomic E-state index is 0.910. The lowest BCUT2D eigenvalue weighted by Crippen LogP contribution is -2.04. The number of rotatable bonds is 3. The second kappa shape index (κ2) is 4.76. The molecule has 1 heterocycles. The number of aromatic amines is 1. The van der Waals surface area contributed by atoms with Gasteiger partial charge in [-0.05, 0) is 45.0 Å². The Kier molecular flexibility index (Phi) is 3.34. The van der Waals surface area contributed by atoms with Gasteiger partial charge in [-0.2, -0.15) is 0 Å². The highest BCUT2D eigenvalue weighted by atomic mass is 14.8. The van der Waals surface area contributed by atoms with Gasteiger partial charge in [0.15, 0.2) is 0 Å².